The average molecular weight is 344 g/mol. The first-order valence-corrected chi connectivity index (χ1v) is 9.34. The third-order valence-electron chi connectivity index (χ3n) is 4.86. The minimum Gasteiger partial charge on any atom is -0.351 e. The summed E-state index contributed by atoms with van der Waals surface area (Å²) in [5.41, 5.74) is 2.38. The minimum atomic E-state index is 0.504. The van der Waals surface area contributed by atoms with Gasteiger partial charge in [-0.1, -0.05) is 61.4 Å². The van der Waals surface area contributed by atoms with Crippen LogP contribution in [0.5, 0.6) is 0 Å². The molecule has 1 aliphatic carbocycles. The second kappa shape index (κ2) is 8.00. The molecule has 0 spiro atoms. The first-order valence-electron chi connectivity index (χ1n) is 9.34. The van der Waals surface area contributed by atoms with Crippen molar-refractivity contribution in [2.75, 3.05) is 10.2 Å². The van der Waals surface area contributed by atoms with Crippen molar-refractivity contribution in [1.29, 1.82) is 0 Å². The van der Waals surface area contributed by atoms with Gasteiger partial charge in [0.1, 0.15) is 5.82 Å². The molecular weight excluding hydrogens is 320 g/mol. The molecular formula is C22H24N4. The molecule has 0 radical (unpaired) electrons. The van der Waals surface area contributed by atoms with E-state index in [-0.39, 0.29) is 0 Å². The lowest BCUT2D eigenvalue weighted by atomic mass is 10.2. The number of nitrogens with one attached hydrogen (secondary N) is 1. The zero-order valence-electron chi connectivity index (χ0n) is 14.9. The highest BCUT2D eigenvalue weighted by atomic mass is 15.2. The lowest BCUT2D eigenvalue weighted by Crippen LogP contribution is -2.20. The fraction of sp³-hybridized carbons (Fsp3) is 0.273. The van der Waals surface area contributed by atoms with Gasteiger partial charge in [0, 0.05) is 24.5 Å². The highest BCUT2D eigenvalue weighted by molar-refractivity contribution is 5.60. The molecule has 3 aromatic rings. The number of rotatable bonds is 6. The van der Waals surface area contributed by atoms with E-state index in [1.807, 2.05) is 24.4 Å². The fourth-order valence-corrected chi connectivity index (χ4v) is 3.50. The Morgan fingerprint density at radius 2 is 1.58 bits per heavy atom. The van der Waals surface area contributed by atoms with Gasteiger partial charge in [0.15, 0.2) is 0 Å². The molecule has 1 aromatic heterocycles. The maximum Gasteiger partial charge on any atom is 0.224 e. The van der Waals surface area contributed by atoms with Gasteiger partial charge in [0.25, 0.3) is 0 Å². The predicted octanol–water partition coefficient (Wildman–Crippen LogP) is 5.17. The number of benzene rings is 2. The Labute approximate surface area is 154 Å². The van der Waals surface area contributed by atoms with Crippen molar-refractivity contribution >= 4 is 17.5 Å². The summed E-state index contributed by atoms with van der Waals surface area (Å²) in [6.45, 7) is 0.769. The lowest BCUT2D eigenvalue weighted by Gasteiger charge is -2.24. The van der Waals surface area contributed by atoms with Gasteiger partial charge in [-0.05, 0) is 36.6 Å². The lowest BCUT2D eigenvalue weighted by molar-refractivity contribution is 0.743. The van der Waals surface area contributed by atoms with Crippen molar-refractivity contribution in [1.82, 2.24) is 9.97 Å². The van der Waals surface area contributed by atoms with Crippen molar-refractivity contribution in [2.45, 2.75) is 38.3 Å². The van der Waals surface area contributed by atoms with Crippen molar-refractivity contribution in [3.63, 3.8) is 0 Å². The van der Waals surface area contributed by atoms with Gasteiger partial charge in [0.2, 0.25) is 5.95 Å². The molecule has 4 nitrogen and oxygen atoms in total. The van der Waals surface area contributed by atoms with Gasteiger partial charge in [-0.25, -0.2) is 4.98 Å². The second-order valence-corrected chi connectivity index (χ2v) is 6.77. The molecule has 1 aliphatic rings. The maximum absolute atomic E-state index is 4.81. The summed E-state index contributed by atoms with van der Waals surface area (Å²) in [5.74, 6) is 1.64. The van der Waals surface area contributed by atoms with Crippen LogP contribution in [0.15, 0.2) is 72.9 Å². The number of hydrogen-bond acceptors (Lipinski definition) is 4. The zero-order valence-corrected chi connectivity index (χ0v) is 14.9. The first-order chi connectivity index (χ1) is 12.9. The Balaban J connectivity index is 1.62. The average Bonchev–Trinajstić information content (AvgIpc) is 3.21. The molecule has 0 bridgehead atoms. The molecule has 4 rings (SSSR count). The third kappa shape index (κ3) is 4.02. The summed E-state index contributed by atoms with van der Waals surface area (Å²) < 4.78 is 0. The molecule has 0 amide bonds. The molecule has 2 aromatic carbocycles. The summed E-state index contributed by atoms with van der Waals surface area (Å²) in [6.07, 6.45) is 6.85. The standard InChI is InChI=1S/C22H24N4/c1-3-9-18(10-4-1)17-26(20-13-5-2-6-14-20)21-15-16-23-22(25-21)24-19-11-7-8-12-19/h1-6,9-10,13-16,19H,7-8,11-12,17H2,(H,23,24,25). The Kier molecular flexibility index (Phi) is 5.10. The van der Waals surface area contributed by atoms with Crippen LogP contribution in [0.25, 0.3) is 0 Å². The molecule has 1 heterocycles. The summed E-state index contributed by atoms with van der Waals surface area (Å²) in [6, 6.07) is 23.4. The molecule has 26 heavy (non-hydrogen) atoms. The van der Waals surface area contributed by atoms with Gasteiger partial charge in [-0.3, -0.25) is 0 Å². The SMILES string of the molecule is c1ccc(CN(c2ccccc2)c2ccnc(NC3CCCC3)n2)cc1. The van der Waals surface area contributed by atoms with Gasteiger partial charge in [0.05, 0.1) is 0 Å². The molecule has 1 saturated carbocycles. The van der Waals surface area contributed by atoms with Crippen LogP contribution < -0.4 is 10.2 Å². The van der Waals surface area contributed by atoms with Gasteiger partial charge >= 0.3 is 0 Å². The number of nitrogens with zero attached hydrogens (tertiary/aromatic N) is 3. The van der Waals surface area contributed by atoms with Crippen LogP contribution in [-0.4, -0.2) is 16.0 Å². The van der Waals surface area contributed by atoms with E-state index in [0.29, 0.717) is 6.04 Å². The molecule has 0 aliphatic heterocycles. The van der Waals surface area contributed by atoms with Gasteiger partial charge in [-0.15, -0.1) is 0 Å². The Hall–Kier alpha value is -2.88. The molecule has 132 valence electrons. The molecule has 0 atom stereocenters. The quantitative estimate of drug-likeness (QED) is 0.670. The third-order valence-corrected chi connectivity index (χ3v) is 4.86. The zero-order chi connectivity index (χ0) is 17.6. The van der Waals surface area contributed by atoms with E-state index in [0.717, 1.165) is 24.0 Å². The van der Waals surface area contributed by atoms with Gasteiger partial charge < -0.3 is 10.2 Å². The van der Waals surface area contributed by atoms with Crippen molar-refractivity contribution in [3.8, 4) is 0 Å². The van der Waals surface area contributed by atoms with E-state index in [9.17, 15) is 0 Å². The summed E-state index contributed by atoms with van der Waals surface area (Å²) in [7, 11) is 0. The van der Waals surface area contributed by atoms with Crippen LogP contribution in [0.1, 0.15) is 31.2 Å². The number of aromatic nitrogens is 2. The monoisotopic (exact) mass is 344 g/mol. The number of para-hydroxylation sites is 1. The van der Waals surface area contributed by atoms with Crippen molar-refractivity contribution < 1.29 is 0 Å². The molecule has 1 fully saturated rings. The Bertz CT molecular complexity index is 814. The van der Waals surface area contributed by atoms with Crippen LogP contribution in [0.3, 0.4) is 0 Å². The van der Waals surface area contributed by atoms with E-state index in [2.05, 4.69) is 63.7 Å². The first kappa shape index (κ1) is 16.6. The normalized spacial score (nSPS) is 14.3. The number of hydrogen-bond donors (Lipinski definition) is 1. The van der Waals surface area contributed by atoms with E-state index < -0.39 is 0 Å². The van der Waals surface area contributed by atoms with E-state index in [1.54, 1.807) is 0 Å². The van der Waals surface area contributed by atoms with Gasteiger partial charge in [-0.2, -0.15) is 4.98 Å². The molecule has 4 heteroatoms. The largest absolute Gasteiger partial charge is 0.351 e. The van der Waals surface area contributed by atoms with E-state index >= 15 is 0 Å². The fourth-order valence-electron chi connectivity index (χ4n) is 3.50. The van der Waals surface area contributed by atoms with Crippen molar-refractivity contribution in [3.05, 3.63) is 78.5 Å². The highest BCUT2D eigenvalue weighted by Crippen LogP contribution is 2.27. The topological polar surface area (TPSA) is 41.1 Å². The summed E-state index contributed by atoms with van der Waals surface area (Å²) in [5, 5.41) is 3.50. The Morgan fingerprint density at radius 3 is 2.31 bits per heavy atom. The van der Waals surface area contributed by atoms with E-state index in [1.165, 1.54) is 31.2 Å². The highest BCUT2D eigenvalue weighted by Gasteiger charge is 2.17. The summed E-state index contributed by atoms with van der Waals surface area (Å²) in [4.78, 5) is 11.5. The number of anilines is 3. The smallest absolute Gasteiger partial charge is 0.224 e. The van der Waals surface area contributed by atoms with Crippen LogP contribution in [0.2, 0.25) is 0 Å². The van der Waals surface area contributed by atoms with Crippen LogP contribution >= 0.6 is 0 Å². The van der Waals surface area contributed by atoms with Crippen LogP contribution in [0, 0.1) is 0 Å². The molecule has 0 unspecified atom stereocenters. The van der Waals surface area contributed by atoms with E-state index in [4.69, 9.17) is 4.98 Å². The van der Waals surface area contributed by atoms with Crippen LogP contribution in [-0.2, 0) is 6.54 Å². The maximum atomic E-state index is 4.81. The Morgan fingerprint density at radius 1 is 0.885 bits per heavy atom. The van der Waals surface area contributed by atoms with Crippen LogP contribution in [0.4, 0.5) is 17.5 Å². The van der Waals surface area contributed by atoms with Crippen molar-refractivity contribution in [2.24, 2.45) is 0 Å². The molecule has 0 saturated heterocycles. The minimum absolute atomic E-state index is 0.504. The predicted molar refractivity (Wildman–Crippen MR) is 107 cm³/mol. The molecule has 1 N–H and O–H groups in total. The summed E-state index contributed by atoms with van der Waals surface area (Å²) >= 11 is 0. The second-order valence-electron chi connectivity index (χ2n) is 6.77.